The summed E-state index contributed by atoms with van der Waals surface area (Å²) >= 11 is 5.49. The minimum atomic E-state index is -0.0438. The van der Waals surface area contributed by atoms with E-state index in [1.165, 1.54) is 5.75 Å². The number of halogens is 1. The van der Waals surface area contributed by atoms with Crippen LogP contribution in [0.5, 0.6) is 5.75 Å². The molecule has 0 amide bonds. The Kier molecular flexibility index (Phi) is 2.92. The Morgan fingerprint density at radius 3 is 3.06 bits per heavy atom. The van der Waals surface area contributed by atoms with E-state index in [-0.39, 0.29) is 11.6 Å². The van der Waals surface area contributed by atoms with Gasteiger partial charge in [-0.05, 0) is 31.2 Å². The topological polar surface area (TPSA) is 35.2 Å². The summed E-state index contributed by atoms with van der Waals surface area (Å²) in [4.78, 5) is 0. The van der Waals surface area contributed by atoms with Crippen LogP contribution in [0.4, 0.5) is 0 Å². The molecule has 2 N–H and O–H groups in total. The molecule has 1 fully saturated rings. The number of ether oxygens (including phenoxy) is 1. The Morgan fingerprint density at radius 2 is 2.35 bits per heavy atom. The fourth-order valence-electron chi connectivity index (χ4n) is 2.81. The van der Waals surface area contributed by atoms with Crippen molar-refractivity contribution in [3.63, 3.8) is 0 Å². The van der Waals surface area contributed by atoms with Gasteiger partial charge in [-0.25, -0.2) is 0 Å². The molecule has 1 aromatic rings. The Morgan fingerprint density at radius 1 is 1.53 bits per heavy atom. The maximum absolute atomic E-state index is 6.31. The number of hydrogen-bond donors (Lipinski definition) is 1. The van der Waals surface area contributed by atoms with Crippen LogP contribution in [0.2, 0.25) is 0 Å². The second-order valence-electron chi connectivity index (χ2n) is 4.92. The molecule has 3 rings (SSSR count). The largest absolute Gasteiger partial charge is 0.486 e. The minimum absolute atomic E-state index is 0.0438. The van der Waals surface area contributed by atoms with Crippen LogP contribution in [0.15, 0.2) is 22.7 Å². The summed E-state index contributed by atoms with van der Waals surface area (Å²) in [7, 11) is 0. The zero-order chi connectivity index (χ0) is 12.0. The normalized spacial score (nSPS) is 35.7. The Bertz CT molecular complexity index is 453. The molecule has 0 aromatic heterocycles. The molecule has 2 heterocycles. The average molecular weight is 314 g/mol. The van der Waals surface area contributed by atoms with E-state index in [1.54, 1.807) is 0 Å². The maximum Gasteiger partial charge on any atom is 0.126 e. The molecule has 1 aromatic carbocycles. The van der Waals surface area contributed by atoms with Gasteiger partial charge in [-0.1, -0.05) is 22.0 Å². The molecular formula is C13H16BrNOS. The van der Waals surface area contributed by atoms with Gasteiger partial charge in [-0.3, -0.25) is 0 Å². The highest BCUT2D eigenvalue weighted by Crippen LogP contribution is 2.49. The lowest BCUT2D eigenvalue weighted by molar-refractivity contribution is 0.0410. The molecule has 2 nitrogen and oxygen atoms in total. The van der Waals surface area contributed by atoms with Crippen molar-refractivity contribution in [2.24, 2.45) is 5.73 Å². The molecule has 2 aliphatic rings. The lowest BCUT2D eigenvalue weighted by Gasteiger charge is -2.41. The van der Waals surface area contributed by atoms with E-state index in [1.807, 2.05) is 23.9 Å². The van der Waals surface area contributed by atoms with Crippen molar-refractivity contribution in [2.45, 2.75) is 36.7 Å². The monoisotopic (exact) mass is 313 g/mol. The number of fused-ring (bicyclic) bond motifs is 1. The van der Waals surface area contributed by atoms with Crippen molar-refractivity contribution in [3.05, 3.63) is 28.2 Å². The van der Waals surface area contributed by atoms with Gasteiger partial charge in [0.05, 0.1) is 0 Å². The molecule has 1 saturated heterocycles. The van der Waals surface area contributed by atoms with Crippen molar-refractivity contribution < 1.29 is 4.74 Å². The van der Waals surface area contributed by atoms with Crippen LogP contribution in [0.3, 0.4) is 0 Å². The Hall–Kier alpha value is -0.190. The molecule has 17 heavy (non-hydrogen) atoms. The van der Waals surface area contributed by atoms with Crippen LogP contribution in [0.25, 0.3) is 0 Å². The standard InChI is InChI=1S/C13H16BrNOS/c1-8-13(4-5-17-8)7-11(15)10-3-2-9(14)6-12(10)16-13/h2-3,6,8,11H,4-5,7,15H2,1H3/t8?,11-,13?/m1/s1. The molecule has 4 heteroatoms. The maximum atomic E-state index is 6.31. The first-order chi connectivity index (χ1) is 8.11. The summed E-state index contributed by atoms with van der Waals surface area (Å²) in [5.74, 6) is 2.14. The van der Waals surface area contributed by atoms with Gasteiger partial charge in [-0.15, -0.1) is 0 Å². The number of hydrogen-bond acceptors (Lipinski definition) is 3. The van der Waals surface area contributed by atoms with Crippen molar-refractivity contribution in [2.75, 3.05) is 5.75 Å². The zero-order valence-corrected chi connectivity index (χ0v) is 12.2. The summed E-state index contributed by atoms with van der Waals surface area (Å²) in [6.07, 6.45) is 2.05. The zero-order valence-electron chi connectivity index (χ0n) is 9.78. The van der Waals surface area contributed by atoms with E-state index in [0.717, 1.165) is 28.6 Å². The van der Waals surface area contributed by atoms with Crippen molar-refractivity contribution in [1.82, 2.24) is 0 Å². The van der Waals surface area contributed by atoms with Gasteiger partial charge in [-0.2, -0.15) is 11.8 Å². The third-order valence-corrected chi connectivity index (χ3v) is 5.75. The highest BCUT2D eigenvalue weighted by Gasteiger charge is 2.47. The Balaban J connectivity index is 2.02. The van der Waals surface area contributed by atoms with E-state index in [0.29, 0.717) is 5.25 Å². The summed E-state index contributed by atoms with van der Waals surface area (Å²) in [5.41, 5.74) is 7.41. The van der Waals surface area contributed by atoms with Gasteiger partial charge >= 0.3 is 0 Å². The fourth-order valence-corrected chi connectivity index (χ4v) is 4.53. The van der Waals surface area contributed by atoms with Crippen LogP contribution < -0.4 is 10.5 Å². The van der Waals surface area contributed by atoms with Crippen LogP contribution in [0, 0.1) is 0 Å². The fraction of sp³-hybridized carbons (Fsp3) is 0.538. The minimum Gasteiger partial charge on any atom is -0.486 e. The smallest absolute Gasteiger partial charge is 0.126 e. The van der Waals surface area contributed by atoms with Crippen LogP contribution in [-0.2, 0) is 0 Å². The van der Waals surface area contributed by atoms with E-state index in [9.17, 15) is 0 Å². The second-order valence-corrected chi connectivity index (χ2v) is 7.29. The molecule has 3 atom stereocenters. The predicted octanol–water partition coefficient (Wildman–Crippen LogP) is 3.50. The highest BCUT2D eigenvalue weighted by molar-refractivity contribution is 9.10. The number of nitrogens with two attached hydrogens (primary N) is 1. The molecule has 0 aliphatic carbocycles. The molecule has 0 radical (unpaired) electrons. The SMILES string of the molecule is CC1SCCC12C[C@@H](N)c1ccc(Br)cc1O2. The molecular weight excluding hydrogens is 298 g/mol. The van der Waals surface area contributed by atoms with E-state index in [4.69, 9.17) is 10.5 Å². The van der Waals surface area contributed by atoms with E-state index in [2.05, 4.69) is 28.9 Å². The number of rotatable bonds is 0. The summed E-state index contributed by atoms with van der Waals surface area (Å²) in [5, 5.41) is 0.528. The second kappa shape index (κ2) is 4.18. The Labute approximate surface area is 114 Å². The summed E-state index contributed by atoms with van der Waals surface area (Å²) in [6, 6.07) is 6.26. The van der Waals surface area contributed by atoms with Gasteiger partial charge in [0.1, 0.15) is 11.4 Å². The van der Waals surface area contributed by atoms with Crippen molar-refractivity contribution in [1.29, 1.82) is 0 Å². The first kappa shape index (κ1) is 11.9. The molecule has 2 unspecified atom stereocenters. The summed E-state index contributed by atoms with van der Waals surface area (Å²) in [6.45, 7) is 2.26. The van der Waals surface area contributed by atoms with Gasteiger partial charge in [0.25, 0.3) is 0 Å². The quantitative estimate of drug-likeness (QED) is 0.796. The van der Waals surface area contributed by atoms with Gasteiger partial charge < -0.3 is 10.5 Å². The lowest BCUT2D eigenvalue weighted by atomic mass is 9.84. The number of thioether (sulfide) groups is 1. The third-order valence-electron chi connectivity index (χ3n) is 3.89. The number of benzene rings is 1. The molecule has 2 aliphatic heterocycles. The predicted molar refractivity (Wildman–Crippen MR) is 75.6 cm³/mol. The van der Waals surface area contributed by atoms with Crippen molar-refractivity contribution >= 4 is 27.7 Å². The molecule has 1 spiro atoms. The highest BCUT2D eigenvalue weighted by atomic mass is 79.9. The van der Waals surface area contributed by atoms with Crippen LogP contribution in [0.1, 0.15) is 31.4 Å². The third kappa shape index (κ3) is 1.90. The van der Waals surface area contributed by atoms with Gasteiger partial charge in [0.2, 0.25) is 0 Å². The van der Waals surface area contributed by atoms with E-state index >= 15 is 0 Å². The van der Waals surface area contributed by atoms with Gasteiger partial charge in [0, 0.05) is 27.7 Å². The van der Waals surface area contributed by atoms with Crippen LogP contribution in [-0.4, -0.2) is 16.6 Å². The van der Waals surface area contributed by atoms with E-state index < -0.39 is 0 Å². The molecule has 0 bridgehead atoms. The molecule has 92 valence electrons. The van der Waals surface area contributed by atoms with Crippen molar-refractivity contribution in [3.8, 4) is 5.75 Å². The van der Waals surface area contributed by atoms with Gasteiger partial charge in [0.15, 0.2) is 0 Å². The van der Waals surface area contributed by atoms with Crippen LogP contribution >= 0.6 is 27.7 Å². The molecule has 0 saturated carbocycles. The first-order valence-corrected chi connectivity index (χ1v) is 7.80. The average Bonchev–Trinajstić information content (AvgIpc) is 2.59. The lowest BCUT2D eigenvalue weighted by Crippen LogP contribution is -2.47. The first-order valence-electron chi connectivity index (χ1n) is 5.96. The summed E-state index contributed by atoms with van der Waals surface area (Å²) < 4.78 is 7.37.